The molecule has 1 aliphatic heterocycles. The maximum absolute atomic E-state index is 12.0. The molecule has 1 heterocycles. The number of hydrogen-bond acceptors (Lipinski definition) is 2. The Morgan fingerprint density at radius 1 is 1.43 bits per heavy atom. The lowest BCUT2D eigenvalue weighted by molar-refractivity contribution is -0.122. The normalized spacial score (nSPS) is 20.0. The molecule has 0 aromatic heterocycles. The van der Waals surface area contributed by atoms with Crippen LogP contribution in [-0.2, 0) is 11.2 Å². The van der Waals surface area contributed by atoms with E-state index in [1.165, 1.54) is 24.0 Å². The van der Waals surface area contributed by atoms with Crippen LogP contribution in [0.4, 0.5) is 0 Å². The predicted molar refractivity (Wildman–Crippen MR) is 87.3 cm³/mol. The van der Waals surface area contributed by atoms with Gasteiger partial charge in [0.05, 0.1) is 0 Å². The van der Waals surface area contributed by atoms with Gasteiger partial charge in [0.25, 0.3) is 0 Å². The maximum atomic E-state index is 12.0. The number of aryl methyl sites for hydroxylation is 1. The average Bonchev–Trinajstić information content (AvgIpc) is 2.50. The minimum atomic E-state index is 0.196. The molecule has 2 N–H and O–H groups in total. The first-order valence-corrected chi connectivity index (χ1v) is 8.18. The van der Waals surface area contributed by atoms with Crippen molar-refractivity contribution in [1.29, 1.82) is 0 Å². The van der Waals surface area contributed by atoms with Crippen LogP contribution in [-0.4, -0.2) is 25.5 Å². The first kappa shape index (κ1) is 16.0. The van der Waals surface area contributed by atoms with Crippen LogP contribution in [0.15, 0.2) is 24.3 Å². The highest BCUT2D eigenvalue weighted by atomic mass is 16.1. The summed E-state index contributed by atoms with van der Waals surface area (Å²) in [7, 11) is 0. The van der Waals surface area contributed by atoms with Crippen LogP contribution >= 0.6 is 0 Å². The van der Waals surface area contributed by atoms with E-state index in [9.17, 15) is 4.79 Å². The van der Waals surface area contributed by atoms with Gasteiger partial charge in [-0.1, -0.05) is 31.2 Å². The van der Waals surface area contributed by atoms with Gasteiger partial charge in [-0.25, -0.2) is 0 Å². The zero-order valence-electron chi connectivity index (χ0n) is 13.3. The van der Waals surface area contributed by atoms with Crippen LogP contribution in [0, 0.1) is 18.8 Å². The van der Waals surface area contributed by atoms with Gasteiger partial charge < -0.3 is 10.6 Å². The monoisotopic (exact) mass is 288 g/mol. The fraction of sp³-hybridized carbons (Fsp3) is 0.611. The topological polar surface area (TPSA) is 41.1 Å². The standard InChI is InChI=1S/C18H28N2O/c1-14-6-3-4-7-16(14)9-11-20-18(21)12-15(2)17-8-5-10-19-13-17/h3-4,6-7,15,17,19H,5,8-13H2,1-2H3,(H,20,21). The first-order valence-electron chi connectivity index (χ1n) is 8.18. The van der Waals surface area contributed by atoms with E-state index in [0.717, 1.165) is 26.1 Å². The third kappa shape index (κ3) is 5.16. The molecule has 0 saturated carbocycles. The zero-order valence-corrected chi connectivity index (χ0v) is 13.3. The van der Waals surface area contributed by atoms with Crippen molar-refractivity contribution in [1.82, 2.24) is 10.6 Å². The number of amides is 1. The van der Waals surface area contributed by atoms with Crippen LogP contribution in [0.2, 0.25) is 0 Å². The Kier molecular flexibility index (Phi) is 6.24. The second kappa shape index (κ2) is 8.18. The number of nitrogens with one attached hydrogen (secondary N) is 2. The first-order chi connectivity index (χ1) is 10.2. The Bertz CT molecular complexity index is 452. The van der Waals surface area contributed by atoms with E-state index in [-0.39, 0.29) is 5.91 Å². The Morgan fingerprint density at radius 2 is 2.24 bits per heavy atom. The Labute approximate surface area is 128 Å². The number of benzene rings is 1. The molecule has 2 atom stereocenters. The predicted octanol–water partition coefficient (Wildman–Crippen LogP) is 2.68. The van der Waals surface area contributed by atoms with Gasteiger partial charge >= 0.3 is 0 Å². The van der Waals surface area contributed by atoms with E-state index in [1.807, 2.05) is 0 Å². The van der Waals surface area contributed by atoms with Gasteiger partial charge in [-0.3, -0.25) is 4.79 Å². The summed E-state index contributed by atoms with van der Waals surface area (Å²) in [5.41, 5.74) is 2.62. The number of piperidine rings is 1. The van der Waals surface area contributed by atoms with E-state index < -0.39 is 0 Å². The molecule has 1 saturated heterocycles. The molecule has 1 aromatic rings. The minimum Gasteiger partial charge on any atom is -0.356 e. The summed E-state index contributed by atoms with van der Waals surface area (Å²) < 4.78 is 0. The average molecular weight is 288 g/mol. The summed E-state index contributed by atoms with van der Waals surface area (Å²) in [6, 6.07) is 8.37. The SMILES string of the molecule is Cc1ccccc1CCNC(=O)CC(C)C1CCCNC1. The minimum absolute atomic E-state index is 0.196. The van der Waals surface area contributed by atoms with Gasteiger partial charge in [-0.05, 0) is 62.2 Å². The van der Waals surface area contributed by atoms with E-state index >= 15 is 0 Å². The van der Waals surface area contributed by atoms with Gasteiger partial charge in [0.15, 0.2) is 0 Å². The van der Waals surface area contributed by atoms with Crippen molar-refractivity contribution in [3.05, 3.63) is 35.4 Å². The van der Waals surface area contributed by atoms with E-state index in [4.69, 9.17) is 0 Å². The Balaban J connectivity index is 1.68. The highest BCUT2D eigenvalue weighted by Gasteiger charge is 2.21. The summed E-state index contributed by atoms with van der Waals surface area (Å²) in [6.07, 6.45) is 4.06. The fourth-order valence-electron chi connectivity index (χ4n) is 3.12. The lowest BCUT2D eigenvalue weighted by atomic mass is 9.85. The lowest BCUT2D eigenvalue weighted by Crippen LogP contribution is -2.36. The van der Waals surface area contributed by atoms with E-state index in [2.05, 4.69) is 48.7 Å². The molecule has 116 valence electrons. The molecule has 0 aliphatic carbocycles. The molecule has 1 aliphatic rings. The molecular weight excluding hydrogens is 260 g/mol. The molecule has 21 heavy (non-hydrogen) atoms. The number of hydrogen-bond donors (Lipinski definition) is 2. The smallest absolute Gasteiger partial charge is 0.220 e. The Morgan fingerprint density at radius 3 is 2.95 bits per heavy atom. The third-order valence-electron chi connectivity index (χ3n) is 4.62. The van der Waals surface area contributed by atoms with Gasteiger partial charge in [0, 0.05) is 13.0 Å². The molecule has 1 aromatic carbocycles. The summed E-state index contributed by atoms with van der Waals surface area (Å²) in [5.74, 6) is 1.32. The van der Waals surface area contributed by atoms with Crippen molar-refractivity contribution in [2.75, 3.05) is 19.6 Å². The van der Waals surface area contributed by atoms with Gasteiger partial charge in [-0.15, -0.1) is 0 Å². The summed E-state index contributed by atoms with van der Waals surface area (Å²) in [6.45, 7) is 7.26. The Hall–Kier alpha value is -1.35. The molecule has 3 heteroatoms. The molecule has 0 spiro atoms. The van der Waals surface area contributed by atoms with Crippen molar-refractivity contribution in [3.8, 4) is 0 Å². The fourth-order valence-corrected chi connectivity index (χ4v) is 3.12. The van der Waals surface area contributed by atoms with Crippen molar-refractivity contribution >= 4 is 5.91 Å². The zero-order chi connectivity index (χ0) is 15.1. The van der Waals surface area contributed by atoms with Crippen molar-refractivity contribution in [2.45, 2.75) is 39.5 Å². The van der Waals surface area contributed by atoms with Crippen LogP contribution < -0.4 is 10.6 Å². The highest BCUT2D eigenvalue weighted by molar-refractivity contribution is 5.76. The van der Waals surface area contributed by atoms with Crippen molar-refractivity contribution in [3.63, 3.8) is 0 Å². The van der Waals surface area contributed by atoms with Crippen molar-refractivity contribution < 1.29 is 4.79 Å². The molecule has 3 nitrogen and oxygen atoms in total. The largest absolute Gasteiger partial charge is 0.356 e. The molecule has 2 rings (SSSR count). The number of rotatable bonds is 6. The lowest BCUT2D eigenvalue weighted by Gasteiger charge is -2.28. The molecule has 2 unspecified atom stereocenters. The van der Waals surface area contributed by atoms with Crippen LogP contribution in [0.25, 0.3) is 0 Å². The molecule has 1 amide bonds. The van der Waals surface area contributed by atoms with Crippen molar-refractivity contribution in [2.24, 2.45) is 11.8 Å². The van der Waals surface area contributed by atoms with Crippen LogP contribution in [0.3, 0.4) is 0 Å². The number of carbonyl (C=O) groups excluding carboxylic acids is 1. The van der Waals surface area contributed by atoms with Gasteiger partial charge in [0.2, 0.25) is 5.91 Å². The highest BCUT2D eigenvalue weighted by Crippen LogP contribution is 2.22. The van der Waals surface area contributed by atoms with Crippen LogP contribution in [0.1, 0.15) is 37.3 Å². The summed E-state index contributed by atoms with van der Waals surface area (Å²) in [5, 5.41) is 6.50. The van der Waals surface area contributed by atoms with Crippen LogP contribution in [0.5, 0.6) is 0 Å². The second-order valence-electron chi connectivity index (χ2n) is 6.31. The van der Waals surface area contributed by atoms with E-state index in [0.29, 0.717) is 18.3 Å². The van der Waals surface area contributed by atoms with Gasteiger partial charge in [-0.2, -0.15) is 0 Å². The number of carbonyl (C=O) groups is 1. The second-order valence-corrected chi connectivity index (χ2v) is 6.31. The third-order valence-corrected chi connectivity index (χ3v) is 4.62. The molecule has 0 radical (unpaired) electrons. The molecule has 0 bridgehead atoms. The van der Waals surface area contributed by atoms with E-state index in [1.54, 1.807) is 0 Å². The quantitative estimate of drug-likeness (QED) is 0.845. The maximum Gasteiger partial charge on any atom is 0.220 e. The molecule has 1 fully saturated rings. The summed E-state index contributed by atoms with van der Waals surface area (Å²) in [4.78, 5) is 12.0. The molecular formula is C18H28N2O. The summed E-state index contributed by atoms with van der Waals surface area (Å²) >= 11 is 0. The van der Waals surface area contributed by atoms with Gasteiger partial charge in [0.1, 0.15) is 0 Å².